The van der Waals surface area contributed by atoms with Gasteiger partial charge in [0.1, 0.15) is 0 Å². The minimum absolute atomic E-state index is 0.178. The minimum atomic E-state index is -0.444. The topological polar surface area (TPSA) is 20.3 Å². The molecule has 16 heavy (non-hydrogen) atoms. The smallest absolute Gasteiger partial charge is 0.239 e. The first-order valence-corrected chi connectivity index (χ1v) is 6.59. The van der Waals surface area contributed by atoms with Gasteiger partial charge >= 0.3 is 0 Å². The Balaban J connectivity index is 2.69. The lowest BCUT2D eigenvalue weighted by molar-refractivity contribution is -0.132. The van der Waals surface area contributed by atoms with Crippen molar-refractivity contribution >= 4 is 21.8 Å². The fourth-order valence-electron chi connectivity index (χ4n) is 1.91. The van der Waals surface area contributed by atoms with E-state index < -0.39 is 4.32 Å². The number of carbonyl (C=O) groups excluding carboxylic acids is 1. The molecule has 3 heteroatoms. The van der Waals surface area contributed by atoms with Crippen molar-refractivity contribution in [1.29, 1.82) is 0 Å². The van der Waals surface area contributed by atoms with Crippen LogP contribution in [0.5, 0.6) is 0 Å². The second-order valence-electron chi connectivity index (χ2n) is 5.95. The molecule has 0 fully saturated rings. The van der Waals surface area contributed by atoms with E-state index in [1.54, 1.807) is 0 Å². The average molecular weight is 288 g/mol. The molecule has 1 amide bonds. The number of nitrogens with zero attached hydrogens (tertiary/aromatic N) is 1. The van der Waals surface area contributed by atoms with Gasteiger partial charge < -0.3 is 4.90 Å². The normalized spacial score (nSPS) is 18.4. The van der Waals surface area contributed by atoms with Crippen LogP contribution in [0, 0.1) is 5.41 Å². The number of halogens is 1. The van der Waals surface area contributed by atoms with Crippen LogP contribution in [0.2, 0.25) is 0 Å². The third-order valence-corrected chi connectivity index (χ3v) is 3.31. The molecule has 0 spiro atoms. The Kier molecular flexibility index (Phi) is 3.88. The van der Waals surface area contributed by atoms with Gasteiger partial charge in [0.25, 0.3) is 0 Å². The second-order valence-corrected chi connectivity index (χ2v) is 7.94. The van der Waals surface area contributed by atoms with Gasteiger partial charge in [-0.05, 0) is 25.7 Å². The molecule has 92 valence electrons. The third kappa shape index (κ3) is 3.34. The maximum atomic E-state index is 12.0. The molecule has 0 radical (unpaired) electrons. The van der Waals surface area contributed by atoms with Gasteiger partial charge in [-0.3, -0.25) is 4.79 Å². The SMILES string of the molecule is CC(C)(C)C1=CCN(C(=O)C(C)(C)Br)CC1. The maximum Gasteiger partial charge on any atom is 0.239 e. The van der Waals surface area contributed by atoms with Gasteiger partial charge in [0, 0.05) is 13.1 Å². The first-order chi connectivity index (χ1) is 7.12. The van der Waals surface area contributed by atoms with Crippen LogP contribution in [0.3, 0.4) is 0 Å². The number of alkyl halides is 1. The summed E-state index contributed by atoms with van der Waals surface area (Å²) in [7, 11) is 0. The van der Waals surface area contributed by atoms with Gasteiger partial charge in [0.2, 0.25) is 5.91 Å². The van der Waals surface area contributed by atoms with Gasteiger partial charge in [0.05, 0.1) is 4.32 Å². The van der Waals surface area contributed by atoms with Gasteiger partial charge in [-0.25, -0.2) is 0 Å². The summed E-state index contributed by atoms with van der Waals surface area (Å²) in [5.41, 5.74) is 1.70. The van der Waals surface area contributed by atoms with E-state index in [1.807, 2.05) is 18.7 Å². The molecule has 2 nitrogen and oxygen atoms in total. The van der Waals surface area contributed by atoms with E-state index in [9.17, 15) is 4.79 Å². The maximum absolute atomic E-state index is 12.0. The zero-order valence-electron chi connectivity index (χ0n) is 10.9. The fourth-order valence-corrected chi connectivity index (χ4v) is 2.16. The average Bonchev–Trinajstić information content (AvgIpc) is 2.14. The number of hydrogen-bond acceptors (Lipinski definition) is 1. The monoisotopic (exact) mass is 287 g/mol. The Bertz CT molecular complexity index is 307. The van der Waals surface area contributed by atoms with Crippen molar-refractivity contribution in [2.45, 2.75) is 45.4 Å². The van der Waals surface area contributed by atoms with Crippen LogP contribution in [-0.4, -0.2) is 28.2 Å². The van der Waals surface area contributed by atoms with Gasteiger partial charge in [0.15, 0.2) is 0 Å². The summed E-state index contributed by atoms with van der Waals surface area (Å²) in [6.45, 7) is 12.1. The Morgan fingerprint density at radius 2 is 1.88 bits per heavy atom. The summed E-state index contributed by atoms with van der Waals surface area (Å²) in [4.78, 5) is 13.9. The Morgan fingerprint density at radius 1 is 1.31 bits per heavy atom. The summed E-state index contributed by atoms with van der Waals surface area (Å²) < 4.78 is -0.444. The predicted molar refractivity (Wildman–Crippen MR) is 71.7 cm³/mol. The fraction of sp³-hybridized carbons (Fsp3) is 0.769. The molecule has 0 aliphatic carbocycles. The first-order valence-electron chi connectivity index (χ1n) is 5.80. The molecule has 1 rings (SSSR count). The lowest BCUT2D eigenvalue weighted by Gasteiger charge is -2.34. The first kappa shape index (κ1) is 13.8. The molecule has 0 saturated heterocycles. The highest BCUT2D eigenvalue weighted by atomic mass is 79.9. The summed E-state index contributed by atoms with van der Waals surface area (Å²) in [5.74, 6) is 0.178. The molecule has 0 bridgehead atoms. The zero-order valence-corrected chi connectivity index (χ0v) is 12.5. The molecule has 1 aliphatic rings. The number of carbonyl (C=O) groups is 1. The largest absolute Gasteiger partial charge is 0.337 e. The molecule has 0 unspecified atom stereocenters. The van der Waals surface area contributed by atoms with E-state index in [4.69, 9.17) is 0 Å². The summed E-state index contributed by atoms with van der Waals surface area (Å²) in [5, 5.41) is 0. The number of amides is 1. The quantitative estimate of drug-likeness (QED) is 0.535. The zero-order chi connectivity index (χ0) is 12.6. The van der Waals surface area contributed by atoms with Crippen LogP contribution in [-0.2, 0) is 4.79 Å². The Labute approximate surface area is 107 Å². The second kappa shape index (κ2) is 4.52. The summed E-state index contributed by atoms with van der Waals surface area (Å²) >= 11 is 3.42. The molecule has 1 heterocycles. The van der Waals surface area contributed by atoms with Crippen LogP contribution >= 0.6 is 15.9 Å². The van der Waals surface area contributed by atoms with E-state index in [0.717, 1.165) is 19.5 Å². The number of rotatable bonds is 1. The van der Waals surface area contributed by atoms with Crippen molar-refractivity contribution in [2.24, 2.45) is 5.41 Å². The molecule has 0 aromatic heterocycles. The van der Waals surface area contributed by atoms with Crippen LogP contribution < -0.4 is 0 Å². The standard InChI is InChI=1S/C13H22BrNO/c1-12(2,3)10-6-8-15(9-7-10)11(16)13(4,5)14/h6H,7-9H2,1-5H3. The van der Waals surface area contributed by atoms with Crippen molar-refractivity contribution in [3.63, 3.8) is 0 Å². The van der Waals surface area contributed by atoms with Crippen molar-refractivity contribution in [1.82, 2.24) is 4.90 Å². The summed E-state index contributed by atoms with van der Waals surface area (Å²) in [6, 6.07) is 0. The molecule has 1 aliphatic heterocycles. The van der Waals surface area contributed by atoms with Crippen molar-refractivity contribution < 1.29 is 4.79 Å². The van der Waals surface area contributed by atoms with Crippen molar-refractivity contribution in [2.75, 3.05) is 13.1 Å². The van der Waals surface area contributed by atoms with Gasteiger partial charge in [-0.2, -0.15) is 0 Å². The van der Waals surface area contributed by atoms with Crippen molar-refractivity contribution in [3.05, 3.63) is 11.6 Å². The lowest BCUT2D eigenvalue weighted by atomic mass is 9.83. The summed E-state index contributed by atoms with van der Waals surface area (Å²) in [6.07, 6.45) is 3.21. The van der Waals surface area contributed by atoms with E-state index in [-0.39, 0.29) is 11.3 Å². The molecule has 0 saturated carbocycles. The highest BCUT2D eigenvalue weighted by Gasteiger charge is 2.31. The molecular formula is C13H22BrNO. The van der Waals surface area contributed by atoms with E-state index >= 15 is 0 Å². The highest BCUT2D eigenvalue weighted by molar-refractivity contribution is 9.10. The van der Waals surface area contributed by atoms with Crippen LogP contribution in [0.25, 0.3) is 0 Å². The Morgan fingerprint density at radius 3 is 2.19 bits per heavy atom. The van der Waals surface area contributed by atoms with Gasteiger partial charge in [-0.15, -0.1) is 0 Å². The third-order valence-electron chi connectivity index (χ3n) is 2.97. The van der Waals surface area contributed by atoms with Gasteiger partial charge in [-0.1, -0.05) is 48.4 Å². The Hall–Kier alpha value is -0.310. The lowest BCUT2D eigenvalue weighted by Crippen LogP contribution is -2.44. The number of hydrogen-bond donors (Lipinski definition) is 0. The molecular weight excluding hydrogens is 266 g/mol. The molecule has 0 aromatic carbocycles. The molecule has 0 aromatic rings. The molecule has 0 N–H and O–H groups in total. The van der Waals surface area contributed by atoms with E-state index in [1.165, 1.54) is 5.57 Å². The van der Waals surface area contributed by atoms with Crippen LogP contribution in [0.1, 0.15) is 41.0 Å². The highest BCUT2D eigenvalue weighted by Crippen LogP contribution is 2.31. The van der Waals surface area contributed by atoms with E-state index in [2.05, 4.69) is 42.8 Å². The van der Waals surface area contributed by atoms with Crippen LogP contribution in [0.4, 0.5) is 0 Å². The minimum Gasteiger partial charge on any atom is -0.337 e. The van der Waals surface area contributed by atoms with Crippen molar-refractivity contribution in [3.8, 4) is 0 Å². The molecule has 0 atom stereocenters. The van der Waals surface area contributed by atoms with Crippen LogP contribution in [0.15, 0.2) is 11.6 Å². The predicted octanol–water partition coefficient (Wildman–Crippen LogP) is 3.36. The van der Waals surface area contributed by atoms with E-state index in [0.29, 0.717) is 0 Å².